The normalized spacial score (nSPS) is 16.9. The maximum Gasteiger partial charge on any atom is 0.376 e. The predicted molar refractivity (Wildman–Crippen MR) is 114 cm³/mol. The molecule has 0 fully saturated rings. The number of benzene rings is 2. The second-order valence-corrected chi connectivity index (χ2v) is 8.30. The van der Waals surface area contributed by atoms with Crippen molar-refractivity contribution in [3.05, 3.63) is 64.1 Å². The number of anilines is 1. The number of amidine groups is 1. The van der Waals surface area contributed by atoms with Crippen LogP contribution in [0.2, 0.25) is 10.0 Å². The molecule has 0 bridgehead atoms. The first kappa shape index (κ1) is 20.5. The summed E-state index contributed by atoms with van der Waals surface area (Å²) in [5, 5.41) is 7.76. The van der Waals surface area contributed by atoms with Crippen molar-refractivity contribution in [3.63, 3.8) is 0 Å². The highest BCUT2D eigenvalue weighted by Gasteiger charge is 2.45. The van der Waals surface area contributed by atoms with E-state index in [4.69, 9.17) is 27.9 Å². The minimum absolute atomic E-state index is 0.268. The molecule has 1 heterocycles. The molecule has 5 nitrogen and oxygen atoms in total. The third-order valence-electron chi connectivity index (χ3n) is 4.35. The number of hydrogen-bond acceptors (Lipinski definition) is 5. The van der Waals surface area contributed by atoms with Gasteiger partial charge in [0.2, 0.25) is 5.84 Å². The number of halogens is 2. The van der Waals surface area contributed by atoms with Gasteiger partial charge in [-0.05, 0) is 69.7 Å². The van der Waals surface area contributed by atoms with Crippen molar-refractivity contribution in [2.75, 3.05) is 11.6 Å². The fourth-order valence-electron chi connectivity index (χ4n) is 3.17. The molecule has 0 saturated carbocycles. The van der Waals surface area contributed by atoms with Gasteiger partial charge in [0.1, 0.15) is 0 Å². The average Bonchev–Trinajstić information content (AvgIpc) is 3.04. The molecule has 148 valence electrons. The van der Waals surface area contributed by atoms with Crippen LogP contribution in [-0.4, -0.2) is 28.9 Å². The first-order valence-corrected chi connectivity index (χ1v) is 9.83. The van der Waals surface area contributed by atoms with E-state index in [1.54, 1.807) is 19.1 Å². The Labute approximate surface area is 175 Å². The lowest BCUT2D eigenvalue weighted by atomic mass is 10.0. The van der Waals surface area contributed by atoms with Crippen LogP contribution in [0.25, 0.3) is 0 Å². The molecule has 0 N–H and O–H groups in total. The van der Waals surface area contributed by atoms with Gasteiger partial charge in [-0.15, -0.1) is 5.10 Å². The third kappa shape index (κ3) is 4.10. The van der Waals surface area contributed by atoms with E-state index in [2.05, 4.69) is 5.10 Å². The summed E-state index contributed by atoms with van der Waals surface area (Å²) in [5.74, 6) is -0.183. The number of hydrogen-bond donors (Lipinski definition) is 0. The maximum absolute atomic E-state index is 12.7. The quantitative estimate of drug-likeness (QED) is 0.614. The summed E-state index contributed by atoms with van der Waals surface area (Å²) < 4.78 is 5.28. The maximum atomic E-state index is 12.7. The van der Waals surface area contributed by atoms with E-state index >= 15 is 0 Å². The molecule has 7 heteroatoms. The highest BCUT2D eigenvalue weighted by atomic mass is 35.5. The van der Waals surface area contributed by atoms with Crippen LogP contribution < -0.4 is 5.01 Å². The molecule has 0 aliphatic carbocycles. The van der Waals surface area contributed by atoms with E-state index in [9.17, 15) is 4.79 Å². The van der Waals surface area contributed by atoms with Crippen LogP contribution in [0.1, 0.15) is 39.4 Å². The molecule has 0 saturated heterocycles. The van der Waals surface area contributed by atoms with Crippen molar-refractivity contribution in [2.45, 2.75) is 39.4 Å². The minimum atomic E-state index is -0.451. The van der Waals surface area contributed by atoms with Crippen LogP contribution in [0, 0.1) is 0 Å². The van der Waals surface area contributed by atoms with Crippen LogP contribution >= 0.6 is 23.2 Å². The van der Waals surface area contributed by atoms with Gasteiger partial charge in [0.05, 0.1) is 12.3 Å². The Balaban J connectivity index is 2.15. The molecule has 0 unspecified atom stereocenters. The molecular weight excluding hydrogens is 397 g/mol. The zero-order valence-corrected chi connectivity index (χ0v) is 17.8. The summed E-state index contributed by atoms with van der Waals surface area (Å²) in [5.41, 5.74) is 1.38. The Kier molecular flexibility index (Phi) is 5.87. The van der Waals surface area contributed by atoms with Gasteiger partial charge in [-0.1, -0.05) is 35.3 Å². The molecule has 3 rings (SSSR count). The van der Waals surface area contributed by atoms with Crippen molar-refractivity contribution in [1.82, 2.24) is 4.90 Å². The molecule has 2 aromatic carbocycles. The topological polar surface area (TPSA) is 45.1 Å². The number of carbonyl (C=O) groups is 1. The van der Waals surface area contributed by atoms with E-state index in [1.165, 1.54) is 0 Å². The van der Waals surface area contributed by atoms with Crippen LogP contribution in [0.4, 0.5) is 5.69 Å². The predicted octanol–water partition coefficient (Wildman–Crippen LogP) is 5.49. The summed E-state index contributed by atoms with van der Waals surface area (Å²) in [6.07, 6.45) is -0.335. The van der Waals surface area contributed by atoms with Gasteiger partial charge in [0.15, 0.2) is 6.17 Å². The van der Waals surface area contributed by atoms with Gasteiger partial charge < -0.3 is 9.64 Å². The van der Waals surface area contributed by atoms with Crippen molar-refractivity contribution in [2.24, 2.45) is 5.10 Å². The van der Waals surface area contributed by atoms with Gasteiger partial charge in [-0.2, -0.15) is 0 Å². The second-order valence-electron chi connectivity index (χ2n) is 7.43. The van der Waals surface area contributed by atoms with Crippen LogP contribution in [0.3, 0.4) is 0 Å². The van der Waals surface area contributed by atoms with Gasteiger partial charge in [0.25, 0.3) is 0 Å². The number of ether oxygens (including phenoxy) is 1. The molecule has 1 aliphatic heterocycles. The van der Waals surface area contributed by atoms with Gasteiger partial charge in [0, 0.05) is 15.6 Å². The molecule has 0 spiro atoms. The SMILES string of the molecule is CCOC(=O)C1=NN(c2ccc(Cl)cc2)[C@@H](c2ccc(Cl)cc2)N1C(C)(C)C. The average molecular weight is 420 g/mol. The van der Waals surface area contributed by atoms with Gasteiger partial charge >= 0.3 is 5.97 Å². The number of rotatable bonds is 4. The molecule has 1 aliphatic rings. The van der Waals surface area contributed by atoms with E-state index < -0.39 is 11.5 Å². The largest absolute Gasteiger partial charge is 0.460 e. The summed E-state index contributed by atoms with van der Waals surface area (Å²) in [6.45, 7) is 8.17. The summed E-state index contributed by atoms with van der Waals surface area (Å²) in [7, 11) is 0. The summed E-state index contributed by atoms with van der Waals surface area (Å²) in [6, 6.07) is 14.9. The summed E-state index contributed by atoms with van der Waals surface area (Å²) in [4.78, 5) is 14.7. The lowest BCUT2D eigenvalue weighted by molar-refractivity contribution is -0.136. The van der Waals surface area contributed by atoms with Crippen LogP contribution in [0.5, 0.6) is 0 Å². The summed E-state index contributed by atoms with van der Waals surface area (Å²) >= 11 is 12.1. The Morgan fingerprint density at radius 1 is 1.04 bits per heavy atom. The smallest absolute Gasteiger partial charge is 0.376 e. The Morgan fingerprint density at radius 3 is 2.07 bits per heavy atom. The van der Waals surface area contributed by atoms with Crippen LogP contribution in [-0.2, 0) is 9.53 Å². The standard InChI is InChI=1S/C21H23Cl2N3O2/c1-5-28-20(27)18-24-26(17-12-10-16(23)11-13-17)19(25(18)21(2,3)4)14-6-8-15(22)9-7-14/h6-13,19H,5H2,1-4H3/t19-/m0/s1. The third-order valence-corrected chi connectivity index (χ3v) is 4.85. The van der Waals surface area contributed by atoms with Crippen molar-refractivity contribution < 1.29 is 9.53 Å². The molecule has 28 heavy (non-hydrogen) atoms. The fourth-order valence-corrected chi connectivity index (χ4v) is 3.42. The van der Waals surface area contributed by atoms with Crippen molar-refractivity contribution in [1.29, 1.82) is 0 Å². The van der Waals surface area contributed by atoms with E-state index in [0.717, 1.165) is 11.3 Å². The fraction of sp³-hybridized carbons (Fsp3) is 0.333. The molecule has 0 radical (unpaired) electrons. The van der Waals surface area contributed by atoms with Crippen molar-refractivity contribution in [3.8, 4) is 0 Å². The highest BCUT2D eigenvalue weighted by Crippen LogP contribution is 2.40. The zero-order valence-electron chi connectivity index (χ0n) is 16.3. The molecular formula is C21H23Cl2N3O2. The van der Waals surface area contributed by atoms with Crippen LogP contribution in [0.15, 0.2) is 53.6 Å². The van der Waals surface area contributed by atoms with E-state index in [1.807, 2.05) is 67.1 Å². The second kappa shape index (κ2) is 8.02. The first-order chi connectivity index (χ1) is 13.2. The van der Waals surface area contributed by atoms with E-state index in [-0.39, 0.29) is 18.6 Å². The molecule has 2 aromatic rings. The van der Waals surface area contributed by atoms with Crippen molar-refractivity contribution >= 4 is 40.7 Å². The minimum Gasteiger partial charge on any atom is -0.460 e. The number of esters is 1. The zero-order chi connectivity index (χ0) is 20.5. The number of carbonyl (C=O) groups excluding carboxylic acids is 1. The number of hydrazone groups is 1. The lowest BCUT2D eigenvalue weighted by Crippen LogP contribution is -2.49. The first-order valence-electron chi connectivity index (χ1n) is 9.07. The number of nitrogens with zero attached hydrogens (tertiary/aromatic N) is 3. The Hall–Kier alpha value is -2.24. The van der Waals surface area contributed by atoms with Gasteiger partial charge in [-0.25, -0.2) is 9.80 Å². The van der Waals surface area contributed by atoms with E-state index in [0.29, 0.717) is 10.0 Å². The monoisotopic (exact) mass is 419 g/mol. The molecule has 0 amide bonds. The Morgan fingerprint density at radius 2 is 1.57 bits per heavy atom. The van der Waals surface area contributed by atoms with Gasteiger partial charge in [-0.3, -0.25) is 0 Å². The Bertz CT molecular complexity index is 874. The molecule has 1 atom stereocenters. The molecule has 0 aromatic heterocycles. The lowest BCUT2D eigenvalue weighted by Gasteiger charge is -2.40. The highest BCUT2D eigenvalue weighted by molar-refractivity contribution is 6.36.